The predicted molar refractivity (Wildman–Crippen MR) is 118 cm³/mol. The fraction of sp³-hybridized carbons (Fsp3) is 0.227. The van der Waals surface area contributed by atoms with Gasteiger partial charge in [0.1, 0.15) is 5.75 Å². The van der Waals surface area contributed by atoms with Crippen LogP contribution in [0.15, 0.2) is 49.2 Å². The quantitative estimate of drug-likeness (QED) is 0.643. The Bertz CT molecular complexity index is 1040. The van der Waals surface area contributed by atoms with E-state index in [9.17, 15) is 5.11 Å². The van der Waals surface area contributed by atoms with Gasteiger partial charge in [-0.15, -0.1) is 0 Å². The van der Waals surface area contributed by atoms with E-state index < -0.39 is 0 Å². The van der Waals surface area contributed by atoms with Crippen molar-refractivity contribution in [2.24, 2.45) is 7.05 Å². The molecule has 140 valence electrons. The normalized spacial score (nSPS) is 10.8. The Labute approximate surface area is 165 Å². The molecule has 0 fully saturated rings. The Hall–Kier alpha value is -2.79. The summed E-state index contributed by atoms with van der Waals surface area (Å²) in [6.07, 6.45) is 2.99. The fourth-order valence-electron chi connectivity index (χ4n) is 3.38. The second kappa shape index (κ2) is 7.45. The molecule has 4 nitrogen and oxygen atoms in total. The molecular weight excluding hydrogens is 354 g/mol. The molecule has 0 aliphatic heterocycles. The number of fused-ring (bicyclic) bond motifs is 1. The molecule has 0 amide bonds. The molecule has 1 heterocycles. The first-order chi connectivity index (χ1) is 12.9. The van der Waals surface area contributed by atoms with Crippen LogP contribution in [0.1, 0.15) is 23.6 Å². The van der Waals surface area contributed by atoms with Crippen molar-refractivity contribution in [2.45, 2.75) is 20.3 Å². The molecule has 0 aliphatic carbocycles. The maximum Gasteiger partial charge on any atom is 0.177 e. The van der Waals surface area contributed by atoms with Crippen molar-refractivity contribution in [3.05, 3.63) is 65.9 Å². The summed E-state index contributed by atoms with van der Waals surface area (Å²) < 4.78 is 2.11. The Morgan fingerprint density at radius 2 is 2.00 bits per heavy atom. The topological polar surface area (TPSA) is 40.4 Å². The molecule has 2 N–H and O–H groups in total. The molecule has 2 aromatic carbocycles. The largest absolute Gasteiger partial charge is 0.507 e. The Morgan fingerprint density at radius 1 is 1.26 bits per heavy atom. The van der Waals surface area contributed by atoms with Gasteiger partial charge in [0.2, 0.25) is 0 Å². The number of aromatic hydroxyl groups is 1. The summed E-state index contributed by atoms with van der Waals surface area (Å²) in [5.74, 6) is 0.193. The van der Waals surface area contributed by atoms with Crippen molar-refractivity contribution in [3.8, 4) is 5.75 Å². The lowest BCUT2D eigenvalue weighted by Gasteiger charge is -2.28. The monoisotopic (exact) mass is 379 g/mol. The first-order valence-electron chi connectivity index (χ1n) is 8.96. The molecular formula is C22H25N3OS. The molecule has 0 atom stereocenters. The lowest BCUT2D eigenvalue weighted by atomic mass is 10.0. The molecule has 1 aromatic heterocycles. The first-order valence-corrected chi connectivity index (χ1v) is 9.36. The van der Waals surface area contributed by atoms with Crippen LogP contribution < -0.4 is 10.2 Å². The van der Waals surface area contributed by atoms with E-state index in [1.807, 2.05) is 30.1 Å². The highest BCUT2D eigenvalue weighted by Crippen LogP contribution is 2.34. The summed E-state index contributed by atoms with van der Waals surface area (Å²) in [5.41, 5.74) is 5.71. The Kier molecular flexibility index (Phi) is 5.24. The van der Waals surface area contributed by atoms with Gasteiger partial charge in [-0.05, 0) is 67.0 Å². The maximum absolute atomic E-state index is 10.4. The zero-order valence-corrected chi connectivity index (χ0v) is 17.0. The number of anilines is 1. The van der Waals surface area contributed by atoms with E-state index in [0.717, 1.165) is 23.2 Å². The first kappa shape index (κ1) is 19.0. The van der Waals surface area contributed by atoms with Gasteiger partial charge in [0.05, 0.1) is 5.70 Å². The fourth-order valence-corrected chi connectivity index (χ4v) is 3.59. The van der Waals surface area contributed by atoms with Crippen LogP contribution in [0.3, 0.4) is 0 Å². The number of nitrogens with zero attached hydrogens (tertiary/aromatic N) is 2. The molecule has 3 aromatic rings. The number of rotatable bonds is 4. The third-order valence-corrected chi connectivity index (χ3v) is 5.28. The van der Waals surface area contributed by atoms with E-state index in [1.165, 1.54) is 10.9 Å². The van der Waals surface area contributed by atoms with E-state index in [0.29, 0.717) is 16.4 Å². The third-order valence-electron chi connectivity index (χ3n) is 4.90. The van der Waals surface area contributed by atoms with Crippen LogP contribution in [0.2, 0.25) is 0 Å². The number of thiocarbonyl (C=S) groups is 1. The third kappa shape index (κ3) is 3.43. The zero-order chi connectivity index (χ0) is 19.7. The van der Waals surface area contributed by atoms with E-state index in [-0.39, 0.29) is 5.75 Å². The van der Waals surface area contributed by atoms with Crippen LogP contribution in [0.4, 0.5) is 5.69 Å². The summed E-state index contributed by atoms with van der Waals surface area (Å²) in [4.78, 5) is 1.87. The molecule has 0 aliphatic rings. The van der Waals surface area contributed by atoms with Crippen LogP contribution in [-0.4, -0.2) is 21.8 Å². The number of phenolic OH excluding ortho intramolecular Hbond substituents is 1. The van der Waals surface area contributed by atoms with Crippen LogP contribution in [0, 0.1) is 6.92 Å². The minimum atomic E-state index is 0.193. The standard InChI is InChI=1S/C22H25N3OS/c1-6-16-7-10-21(26)19(11-16)15(3)25(22(27)23-4)17-8-9-20-18(12-17)14(2)13-24(20)5/h7-13,26H,3,6H2,1-2,4-5H3,(H,23,27). The Morgan fingerprint density at radius 3 is 2.67 bits per heavy atom. The summed E-state index contributed by atoms with van der Waals surface area (Å²) in [5, 5.41) is 15.1. The van der Waals surface area contributed by atoms with Crippen molar-refractivity contribution in [1.29, 1.82) is 0 Å². The number of hydrogen-bond donors (Lipinski definition) is 2. The number of benzene rings is 2. The summed E-state index contributed by atoms with van der Waals surface area (Å²) in [6.45, 7) is 8.43. The van der Waals surface area contributed by atoms with E-state index >= 15 is 0 Å². The van der Waals surface area contributed by atoms with Gasteiger partial charge in [0.15, 0.2) is 5.11 Å². The minimum absolute atomic E-state index is 0.193. The summed E-state index contributed by atoms with van der Waals surface area (Å²) in [6, 6.07) is 11.8. The Balaban J connectivity index is 2.13. The van der Waals surface area contributed by atoms with Gasteiger partial charge >= 0.3 is 0 Å². The molecule has 0 bridgehead atoms. The van der Waals surface area contributed by atoms with Gasteiger partial charge in [-0.25, -0.2) is 0 Å². The average Bonchev–Trinajstić information content (AvgIpc) is 2.95. The van der Waals surface area contributed by atoms with Gasteiger partial charge in [0, 0.05) is 42.4 Å². The van der Waals surface area contributed by atoms with Crippen LogP contribution in [-0.2, 0) is 13.5 Å². The van der Waals surface area contributed by atoms with Gasteiger partial charge in [-0.1, -0.05) is 19.6 Å². The van der Waals surface area contributed by atoms with Crippen molar-refractivity contribution in [2.75, 3.05) is 11.9 Å². The van der Waals surface area contributed by atoms with Crippen LogP contribution >= 0.6 is 12.2 Å². The minimum Gasteiger partial charge on any atom is -0.507 e. The van der Waals surface area contributed by atoms with E-state index in [1.54, 1.807) is 13.1 Å². The van der Waals surface area contributed by atoms with Gasteiger partial charge in [-0.3, -0.25) is 4.90 Å². The van der Waals surface area contributed by atoms with Gasteiger partial charge in [-0.2, -0.15) is 0 Å². The molecule has 0 saturated heterocycles. The summed E-state index contributed by atoms with van der Waals surface area (Å²) >= 11 is 5.57. The molecule has 0 saturated carbocycles. The highest BCUT2D eigenvalue weighted by atomic mass is 32.1. The second-order valence-electron chi connectivity index (χ2n) is 6.67. The highest BCUT2D eigenvalue weighted by Gasteiger charge is 2.20. The van der Waals surface area contributed by atoms with Gasteiger partial charge in [0.25, 0.3) is 0 Å². The molecule has 0 spiro atoms. The number of nitrogens with one attached hydrogen (secondary N) is 1. The van der Waals surface area contributed by atoms with Crippen molar-refractivity contribution < 1.29 is 5.11 Å². The lowest BCUT2D eigenvalue weighted by Crippen LogP contribution is -2.36. The van der Waals surface area contributed by atoms with Crippen LogP contribution in [0.5, 0.6) is 5.75 Å². The average molecular weight is 380 g/mol. The number of phenols is 1. The summed E-state index contributed by atoms with van der Waals surface area (Å²) in [7, 11) is 3.83. The van der Waals surface area contributed by atoms with Gasteiger partial charge < -0.3 is 15.0 Å². The lowest BCUT2D eigenvalue weighted by molar-refractivity contribution is 0.473. The molecule has 0 unspecified atom stereocenters. The van der Waals surface area contributed by atoms with Crippen molar-refractivity contribution in [1.82, 2.24) is 9.88 Å². The van der Waals surface area contributed by atoms with E-state index in [4.69, 9.17) is 12.2 Å². The SMILES string of the molecule is C=C(c1cc(CC)ccc1O)N(C(=S)NC)c1ccc2c(c1)c(C)cn2C. The predicted octanol–water partition coefficient (Wildman–Crippen LogP) is 4.74. The second-order valence-corrected chi connectivity index (χ2v) is 7.05. The molecule has 27 heavy (non-hydrogen) atoms. The zero-order valence-electron chi connectivity index (χ0n) is 16.2. The van der Waals surface area contributed by atoms with Crippen molar-refractivity contribution >= 4 is 39.6 Å². The molecule has 3 rings (SSSR count). The molecule has 5 heteroatoms. The highest BCUT2D eigenvalue weighted by molar-refractivity contribution is 7.80. The maximum atomic E-state index is 10.4. The number of aromatic nitrogens is 1. The van der Waals surface area contributed by atoms with Crippen LogP contribution in [0.25, 0.3) is 16.6 Å². The van der Waals surface area contributed by atoms with Crippen molar-refractivity contribution in [3.63, 3.8) is 0 Å². The van der Waals surface area contributed by atoms with E-state index in [2.05, 4.69) is 48.6 Å². The number of aryl methyl sites for hydroxylation is 3. The smallest absolute Gasteiger partial charge is 0.177 e. The number of hydrogen-bond acceptors (Lipinski definition) is 2. The molecule has 0 radical (unpaired) electrons.